The van der Waals surface area contributed by atoms with E-state index in [0.29, 0.717) is 6.73 Å². The monoisotopic (exact) mass is 339 g/mol. The van der Waals surface area contributed by atoms with E-state index < -0.39 is 0 Å². The zero-order valence-corrected chi connectivity index (χ0v) is 12.4. The van der Waals surface area contributed by atoms with Crippen LogP contribution in [0.2, 0.25) is 0 Å². The Kier molecular flexibility index (Phi) is 10.9. The van der Waals surface area contributed by atoms with E-state index in [0.717, 1.165) is 6.54 Å². The highest BCUT2D eigenvalue weighted by Crippen LogP contribution is 2.01. The fraction of sp³-hybridized carbons (Fsp3) is 0.455. The van der Waals surface area contributed by atoms with Crippen LogP contribution in [0.25, 0.3) is 0 Å². The Morgan fingerprint density at radius 3 is 2.33 bits per heavy atom. The number of halogens is 1. The third-order valence-corrected chi connectivity index (χ3v) is 1.64. The first kappa shape index (κ1) is 15.2. The van der Waals surface area contributed by atoms with Gasteiger partial charge in [0, 0.05) is 13.7 Å². The van der Waals surface area contributed by atoms with Crippen molar-refractivity contribution in [1.29, 1.82) is 0 Å². The summed E-state index contributed by atoms with van der Waals surface area (Å²) in [7, 11) is 5.47. The van der Waals surface area contributed by atoms with Gasteiger partial charge in [0.05, 0.1) is 6.73 Å². The Hall–Kier alpha value is 0.220. The van der Waals surface area contributed by atoms with Crippen LogP contribution in [0.1, 0.15) is 5.56 Å². The number of hydrogen-bond acceptors (Lipinski definition) is 3. The number of rotatable bonds is 4. The summed E-state index contributed by atoms with van der Waals surface area (Å²) in [4.78, 5) is 2.12. The molecule has 86 valence electrons. The minimum atomic E-state index is 0.675. The molecule has 15 heavy (non-hydrogen) atoms. The lowest BCUT2D eigenvalue weighted by Crippen LogP contribution is -2.19. The van der Waals surface area contributed by atoms with E-state index in [1.807, 2.05) is 19.4 Å². The molecule has 0 saturated carbocycles. The molecule has 2 nitrogen and oxygen atoms in total. The molecule has 0 heterocycles. The summed E-state index contributed by atoms with van der Waals surface area (Å²) in [6.07, 6.45) is 2.03. The summed E-state index contributed by atoms with van der Waals surface area (Å²) in [5.41, 5.74) is 1.32. The molecule has 0 spiro atoms. The zero-order chi connectivity index (χ0) is 11.5. The second-order valence-corrected chi connectivity index (χ2v) is 6.02. The standard InChI is InChI=1S/C10H15NO.CH3IS/c1-11(9-12-2)8-10-6-4-3-5-7-10;1-3-2/h3-7H,8-9H2,1-2H3;1H3. The zero-order valence-electron chi connectivity index (χ0n) is 9.44. The fourth-order valence-corrected chi connectivity index (χ4v) is 1.16. The third kappa shape index (κ3) is 9.17. The van der Waals surface area contributed by atoms with Gasteiger partial charge in [-0.1, -0.05) is 39.3 Å². The van der Waals surface area contributed by atoms with E-state index in [4.69, 9.17) is 4.74 Å². The van der Waals surface area contributed by atoms with Crippen molar-refractivity contribution < 1.29 is 4.74 Å². The Labute approximate surface area is 109 Å². The van der Waals surface area contributed by atoms with Gasteiger partial charge in [0.2, 0.25) is 0 Å². The van der Waals surface area contributed by atoms with Crippen molar-refractivity contribution in [2.45, 2.75) is 6.54 Å². The minimum absolute atomic E-state index is 0.675. The van der Waals surface area contributed by atoms with Gasteiger partial charge >= 0.3 is 0 Å². The number of benzene rings is 1. The summed E-state index contributed by atoms with van der Waals surface area (Å²) in [5, 5.41) is 0. The molecule has 0 radical (unpaired) electrons. The Bertz CT molecular complexity index is 233. The van der Waals surface area contributed by atoms with Crippen LogP contribution in [0, 0.1) is 0 Å². The first-order valence-electron chi connectivity index (χ1n) is 4.60. The molecule has 1 rings (SSSR count). The van der Waals surface area contributed by atoms with E-state index in [-0.39, 0.29) is 0 Å². The number of ether oxygens (including phenoxy) is 1. The van der Waals surface area contributed by atoms with Crippen LogP contribution in [0.15, 0.2) is 30.3 Å². The topological polar surface area (TPSA) is 12.5 Å². The Balaban J connectivity index is 0.000000583. The average molecular weight is 339 g/mol. The predicted molar refractivity (Wildman–Crippen MR) is 77.3 cm³/mol. The van der Waals surface area contributed by atoms with Gasteiger partial charge in [-0.25, -0.2) is 0 Å². The first-order valence-corrected chi connectivity index (χ1v) is 8.37. The molecule has 0 aliphatic heterocycles. The highest BCUT2D eigenvalue weighted by atomic mass is 127. The number of hydrogen-bond donors (Lipinski definition) is 0. The Morgan fingerprint density at radius 2 is 1.87 bits per heavy atom. The molecule has 0 fully saturated rings. The van der Waals surface area contributed by atoms with Crippen LogP contribution in [0.3, 0.4) is 0 Å². The van der Waals surface area contributed by atoms with Crippen molar-refractivity contribution in [3.05, 3.63) is 35.9 Å². The van der Waals surface area contributed by atoms with Crippen LogP contribution >= 0.6 is 30.1 Å². The fourth-order valence-electron chi connectivity index (χ4n) is 1.16. The molecule has 0 aliphatic carbocycles. The van der Waals surface area contributed by atoms with Crippen molar-refractivity contribution in [3.63, 3.8) is 0 Å². The average Bonchev–Trinajstić information content (AvgIpc) is 2.20. The normalized spacial score (nSPS) is 9.67. The highest BCUT2D eigenvalue weighted by molar-refractivity contribution is 14.2. The van der Waals surface area contributed by atoms with E-state index in [2.05, 4.69) is 50.4 Å². The third-order valence-electron chi connectivity index (χ3n) is 1.64. The lowest BCUT2D eigenvalue weighted by Gasteiger charge is -2.14. The van der Waals surface area contributed by atoms with Crippen molar-refractivity contribution >= 4 is 30.1 Å². The number of methoxy groups -OCH3 is 1. The molecule has 0 atom stereocenters. The van der Waals surface area contributed by atoms with Gasteiger partial charge in [0.15, 0.2) is 0 Å². The molecule has 1 aromatic rings. The van der Waals surface area contributed by atoms with E-state index >= 15 is 0 Å². The summed E-state index contributed by atoms with van der Waals surface area (Å²) in [5.74, 6) is 0. The maximum Gasteiger partial charge on any atom is 0.0986 e. The lowest BCUT2D eigenvalue weighted by molar-refractivity contribution is 0.0771. The smallest absolute Gasteiger partial charge is 0.0986 e. The van der Waals surface area contributed by atoms with Gasteiger partial charge in [-0.05, 0) is 40.1 Å². The summed E-state index contributed by atoms with van der Waals surface area (Å²) in [6.45, 7) is 1.61. The number of nitrogens with zero attached hydrogens (tertiary/aromatic N) is 1. The van der Waals surface area contributed by atoms with Crippen molar-refractivity contribution in [3.8, 4) is 0 Å². The van der Waals surface area contributed by atoms with Gasteiger partial charge in [0.25, 0.3) is 0 Å². The second kappa shape index (κ2) is 10.7. The summed E-state index contributed by atoms with van der Waals surface area (Å²) < 4.78 is 5.00. The highest BCUT2D eigenvalue weighted by Gasteiger charge is 1.96. The van der Waals surface area contributed by atoms with E-state index in [9.17, 15) is 0 Å². The Morgan fingerprint density at radius 1 is 1.33 bits per heavy atom. The van der Waals surface area contributed by atoms with Crippen LogP contribution in [0.5, 0.6) is 0 Å². The van der Waals surface area contributed by atoms with Crippen LogP contribution in [-0.4, -0.2) is 32.0 Å². The predicted octanol–water partition coefficient (Wildman–Crippen LogP) is 3.42. The van der Waals surface area contributed by atoms with Crippen LogP contribution < -0.4 is 0 Å². The molecule has 0 aliphatic rings. The molecule has 1 aromatic carbocycles. The molecular formula is C11H18INOS. The molecular weight excluding hydrogens is 321 g/mol. The minimum Gasteiger partial charge on any atom is -0.369 e. The van der Waals surface area contributed by atoms with E-state index in [1.165, 1.54) is 5.56 Å². The molecule has 0 aromatic heterocycles. The molecule has 0 unspecified atom stereocenters. The summed E-state index contributed by atoms with van der Waals surface area (Å²) in [6, 6.07) is 10.4. The molecule has 4 heteroatoms. The van der Waals surface area contributed by atoms with Gasteiger partial charge in [0.1, 0.15) is 0 Å². The van der Waals surface area contributed by atoms with Crippen LogP contribution in [-0.2, 0) is 11.3 Å². The van der Waals surface area contributed by atoms with Gasteiger partial charge in [-0.2, -0.15) is 0 Å². The molecule has 0 amide bonds. The SMILES string of the molecule is COCN(C)Cc1ccccc1.CSI. The largest absolute Gasteiger partial charge is 0.369 e. The maximum absolute atomic E-state index is 5.00. The summed E-state index contributed by atoms with van der Waals surface area (Å²) >= 11 is 2.20. The van der Waals surface area contributed by atoms with Crippen molar-refractivity contribution in [2.24, 2.45) is 0 Å². The van der Waals surface area contributed by atoms with Gasteiger partial charge < -0.3 is 4.74 Å². The van der Waals surface area contributed by atoms with Gasteiger partial charge in [-0.3, -0.25) is 4.90 Å². The molecule has 0 N–H and O–H groups in total. The lowest BCUT2D eigenvalue weighted by atomic mass is 10.2. The van der Waals surface area contributed by atoms with E-state index in [1.54, 1.807) is 16.0 Å². The quantitative estimate of drug-likeness (QED) is 0.616. The molecule has 0 saturated heterocycles. The first-order chi connectivity index (χ1) is 7.24. The second-order valence-electron chi connectivity index (χ2n) is 3.07. The van der Waals surface area contributed by atoms with Crippen molar-refractivity contribution in [1.82, 2.24) is 4.90 Å². The maximum atomic E-state index is 5.00. The van der Waals surface area contributed by atoms with Crippen LogP contribution in [0.4, 0.5) is 0 Å². The van der Waals surface area contributed by atoms with Crippen molar-refractivity contribution in [2.75, 3.05) is 27.1 Å². The molecule has 0 bridgehead atoms. The van der Waals surface area contributed by atoms with Gasteiger partial charge in [-0.15, -0.1) is 0 Å².